The summed E-state index contributed by atoms with van der Waals surface area (Å²) in [5, 5.41) is 3.19. The molecular weight excluding hydrogens is 286 g/mol. The maximum absolute atomic E-state index is 13.2. The van der Waals surface area contributed by atoms with E-state index < -0.39 is 17.6 Å². The van der Waals surface area contributed by atoms with E-state index in [1.165, 1.54) is 6.07 Å². The topological polar surface area (TPSA) is 21.3 Å². The van der Waals surface area contributed by atoms with E-state index in [1.54, 1.807) is 0 Å². The lowest BCUT2D eigenvalue weighted by Crippen LogP contribution is -2.35. The van der Waals surface area contributed by atoms with Crippen molar-refractivity contribution in [3.63, 3.8) is 0 Å². The number of benzene rings is 1. The van der Waals surface area contributed by atoms with E-state index in [0.29, 0.717) is 19.0 Å². The van der Waals surface area contributed by atoms with Crippen LogP contribution in [0, 0.1) is 5.82 Å². The van der Waals surface area contributed by atoms with Gasteiger partial charge in [0.05, 0.1) is 5.56 Å². The highest BCUT2D eigenvalue weighted by Gasteiger charge is 2.34. The highest BCUT2D eigenvalue weighted by Crippen LogP contribution is 2.33. The minimum absolute atomic E-state index is 0.0349. The van der Waals surface area contributed by atoms with Crippen LogP contribution in [0.2, 0.25) is 0 Å². The molecule has 1 atom stereocenters. The summed E-state index contributed by atoms with van der Waals surface area (Å²) in [6.07, 6.45) is -3.42. The predicted molar refractivity (Wildman–Crippen MR) is 73.9 cm³/mol. The van der Waals surface area contributed by atoms with Crippen molar-refractivity contribution in [2.75, 3.05) is 6.54 Å². The third kappa shape index (κ3) is 5.91. The number of hydrogen-bond acceptors (Lipinski definition) is 2. The molecule has 1 unspecified atom stereocenters. The minimum atomic E-state index is -4.72. The first-order valence-corrected chi connectivity index (χ1v) is 7.00. The molecule has 21 heavy (non-hydrogen) atoms. The summed E-state index contributed by atoms with van der Waals surface area (Å²) in [6.45, 7) is 6.45. The van der Waals surface area contributed by atoms with Gasteiger partial charge in [-0.25, -0.2) is 4.39 Å². The SMILES string of the molecule is CCCC(CNC(C)C)Oc1ccc(F)c(C(F)(F)F)c1. The van der Waals surface area contributed by atoms with Crippen LogP contribution >= 0.6 is 0 Å². The number of halogens is 4. The Morgan fingerprint density at radius 3 is 2.43 bits per heavy atom. The van der Waals surface area contributed by atoms with Crippen molar-refractivity contribution in [3.05, 3.63) is 29.6 Å². The summed E-state index contributed by atoms with van der Waals surface area (Å²) >= 11 is 0. The molecule has 0 amide bonds. The quantitative estimate of drug-likeness (QED) is 0.754. The molecule has 0 aliphatic heterocycles. The van der Waals surface area contributed by atoms with Crippen molar-refractivity contribution < 1.29 is 22.3 Å². The molecule has 0 saturated heterocycles. The Morgan fingerprint density at radius 1 is 1.24 bits per heavy atom. The fraction of sp³-hybridized carbons (Fsp3) is 0.600. The lowest BCUT2D eigenvalue weighted by Gasteiger charge is -2.21. The number of rotatable bonds is 7. The van der Waals surface area contributed by atoms with Crippen LogP contribution in [0.5, 0.6) is 5.75 Å². The van der Waals surface area contributed by atoms with Crippen LogP contribution in [-0.2, 0) is 6.18 Å². The third-order valence-corrected chi connectivity index (χ3v) is 2.91. The number of hydrogen-bond donors (Lipinski definition) is 1. The van der Waals surface area contributed by atoms with Gasteiger partial charge in [0.1, 0.15) is 17.7 Å². The largest absolute Gasteiger partial charge is 0.489 e. The molecule has 120 valence electrons. The van der Waals surface area contributed by atoms with E-state index in [0.717, 1.165) is 12.5 Å². The maximum atomic E-state index is 13.2. The maximum Gasteiger partial charge on any atom is 0.419 e. The van der Waals surface area contributed by atoms with Crippen molar-refractivity contribution in [1.29, 1.82) is 0 Å². The fourth-order valence-corrected chi connectivity index (χ4v) is 1.88. The van der Waals surface area contributed by atoms with Crippen LogP contribution in [0.4, 0.5) is 17.6 Å². The monoisotopic (exact) mass is 307 g/mol. The Balaban J connectivity index is 2.84. The highest BCUT2D eigenvalue weighted by atomic mass is 19.4. The minimum Gasteiger partial charge on any atom is -0.489 e. The molecule has 0 aromatic heterocycles. The van der Waals surface area contributed by atoms with Crippen molar-refractivity contribution in [3.8, 4) is 5.75 Å². The first-order valence-electron chi connectivity index (χ1n) is 7.00. The molecule has 2 nitrogen and oxygen atoms in total. The molecule has 0 spiro atoms. The van der Waals surface area contributed by atoms with Crippen molar-refractivity contribution in [2.24, 2.45) is 0 Å². The molecule has 1 aromatic rings. The smallest absolute Gasteiger partial charge is 0.419 e. The Labute approximate surface area is 122 Å². The van der Waals surface area contributed by atoms with Crippen molar-refractivity contribution >= 4 is 0 Å². The summed E-state index contributed by atoms with van der Waals surface area (Å²) in [6, 6.07) is 2.99. The van der Waals surface area contributed by atoms with Gasteiger partial charge in [-0.2, -0.15) is 13.2 Å². The summed E-state index contributed by atoms with van der Waals surface area (Å²) in [5.41, 5.74) is -1.30. The second kappa shape index (κ2) is 7.64. The second-order valence-corrected chi connectivity index (χ2v) is 5.23. The van der Waals surface area contributed by atoms with Gasteiger partial charge < -0.3 is 10.1 Å². The van der Waals surface area contributed by atoms with Gasteiger partial charge in [0.25, 0.3) is 0 Å². The number of nitrogens with one attached hydrogen (secondary N) is 1. The number of ether oxygens (including phenoxy) is 1. The van der Waals surface area contributed by atoms with Gasteiger partial charge in [0.2, 0.25) is 0 Å². The van der Waals surface area contributed by atoms with Gasteiger partial charge in [-0.1, -0.05) is 27.2 Å². The Bertz CT molecular complexity index is 446. The molecule has 0 saturated carbocycles. The van der Waals surface area contributed by atoms with Crippen molar-refractivity contribution in [1.82, 2.24) is 5.32 Å². The summed E-state index contributed by atoms with van der Waals surface area (Å²) in [7, 11) is 0. The molecule has 0 aliphatic carbocycles. The van der Waals surface area contributed by atoms with Crippen LogP contribution in [0.15, 0.2) is 18.2 Å². The van der Waals surface area contributed by atoms with Crippen molar-refractivity contribution in [2.45, 2.75) is 51.9 Å². The summed E-state index contributed by atoms with van der Waals surface area (Å²) in [4.78, 5) is 0. The van der Waals surface area contributed by atoms with E-state index in [9.17, 15) is 17.6 Å². The van der Waals surface area contributed by atoms with E-state index in [-0.39, 0.29) is 17.9 Å². The molecule has 0 aliphatic rings. The van der Waals surface area contributed by atoms with Crippen LogP contribution < -0.4 is 10.1 Å². The second-order valence-electron chi connectivity index (χ2n) is 5.23. The van der Waals surface area contributed by atoms with E-state index in [4.69, 9.17) is 4.74 Å². The fourth-order valence-electron chi connectivity index (χ4n) is 1.88. The van der Waals surface area contributed by atoms with Gasteiger partial charge in [-0.05, 0) is 24.6 Å². The first-order chi connectivity index (χ1) is 9.74. The highest BCUT2D eigenvalue weighted by molar-refractivity contribution is 5.31. The predicted octanol–water partition coefficient (Wildman–Crippen LogP) is 4.39. The van der Waals surface area contributed by atoms with Gasteiger partial charge in [0.15, 0.2) is 0 Å². The molecular formula is C15H21F4NO. The zero-order valence-electron chi connectivity index (χ0n) is 12.4. The van der Waals surface area contributed by atoms with Crippen LogP contribution in [0.1, 0.15) is 39.2 Å². The van der Waals surface area contributed by atoms with Crippen LogP contribution in [0.3, 0.4) is 0 Å². The molecule has 0 heterocycles. The lowest BCUT2D eigenvalue weighted by molar-refractivity contribution is -0.140. The van der Waals surface area contributed by atoms with Gasteiger partial charge in [-0.3, -0.25) is 0 Å². The average Bonchev–Trinajstić information content (AvgIpc) is 2.37. The summed E-state index contributed by atoms with van der Waals surface area (Å²) in [5.74, 6) is -1.25. The standard InChI is InChI=1S/C15H21F4NO/c1-4-5-12(9-20-10(2)3)21-11-6-7-14(16)13(8-11)15(17,18)19/h6-8,10,12,20H,4-5,9H2,1-3H3. The van der Waals surface area contributed by atoms with Gasteiger partial charge in [-0.15, -0.1) is 0 Å². The Kier molecular flexibility index (Phi) is 6.45. The van der Waals surface area contributed by atoms with E-state index >= 15 is 0 Å². The third-order valence-electron chi connectivity index (χ3n) is 2.91. The van der Waals surface area contributed by atoms with Gasteiger partial charge in [0, 0.05) is 12.6 Å². The molecule has 1 aromatic carbocycles. The molecule has 1 rings (SSSR count). The normalized spacial score (nSPS) is 13.5. The van der Waals surface area contributed by atoms with E-state index in [2.05, 4.69) is 5.32 Å². The Hall–Kier alpha value is -1.30. The van der Waals surface area contributed by atoms with Crippen LogP contribution in [0.25, 0.3) is 0 Å². The van der Waals surface area contributed by atoms with Crippen LogP contribution in [-0.4, -0.2) is 18.7 Å². The molecule has 6 heteroatoms. The lowest BCUT2D eigenvalue weighted by atomic mass is 10.1. The Morgan fingerprint density at radius 2 is 1.90 bits per heavy atom. The number of alkyl halides is 3. The average molecular weight is 307 g/mol. The zero-order valence-corrected chi connectivity index (χ0v) is 12.4. The molecule has 0 radical (unpaired) electrons. The van der Waals surface area contributed by atoms with Gasteiger partial charge >= 0.3 is 6.18 Å². The molecule has 0 fully saturated rings. The molecule has 1 N–H and O–H groups in total. The molecule has 0 bridgehead atoms. The zero-order chi connectivity index (χ0) is 16.0. The van der Waals surface area contributed by atoms with E-state index in [1.807, 2.05) is 20.8 Å². The first kappa shape index (κ1) is 17.8. The summed E-state index contributed by atoms with van der Waals surface area (Å²) < 4.78 is 56.8.